The zero-order valence-electron chi connectivity index (χ0n) is 30.2. The molecule has 2 heterocycles. The molecule has 3 aromatic carbocycles. The standard InChI is InChI=1S/C40H52N2O8/c1-7-41-40(14-8-9-22(19-40)11-10-21(2)3)50-30-18-28(46-4)24-12-13-25-33-27(42-39(45)36(30)35(24)33)17-29-34(25)37(43)26(20-49-29)23-15-31(47-5)38(44)32(16-23)48-6/h15-18,21-22,26,37,39,41-45H,7-14,19-20H2,1-6H3. The Morgan fingerprint density at radius 3 is 2.34 bits per heavy atom. The van der Waals surface area contributed by atoms with Gasteiger partial charge in [-0.2, -0.15) is 0 Å². The highest BCUT2D eigenvalue weighted by Crippen LogP contribution is 2.58. The van der Waals surface area contributed by atoms with Gasteiger partial charge in [0, 0.05) is 58.8 Å². The Morgan fingerprint density at radius 1 is 0.940 bits per heavy atom. The molecule has 4 aliphatic rings. The minimum absolute atomic E-state index is 0.0921. The Bertz CT molecular complexity index is 1730. The second kappa shape index (κ2) is 13.7. The van der Waals surface area contributed by atoms with Gasteiger partial charge in [0.05, 0.1) is 39.6 Å². The second-order valence-electron chi connectivity index (χ2n) is 14.8. The molecule has 7 rings (SSSR count). The highest BCUT2D eigenvalue weighted by molar-refractivity contribution is 5.93. The van der Waals surface area contributed by atoms with E-state index in [1.54, 1.807) is 19.2 Å². The summed E-state index contributed by atoms with van der Waals surface area (Å²) >= 11 is 0. The van der Waals surface area contributed by atoms with Gasteiger partial charge in [0.25, 0.3) is 0 Å². The van der Waals surface area contributed by atoms with Crippen molar-refractivity contribution in [3.05, 3.63) is 52.1 Å². The monoisotopic (exact) mass is 688 g/mol. The maximum atomic E-state index is 12.1. The maximum Gasteiger partial charge on any atom is 0.200 e. The summed E-state index contributed by atoms with van der Waals surface area (Å²) in [5.74, 6) is 3.15. The summed E-state index contributed by atoms with van der Waals surface area (Å²) in [6, 6.07) is 7.31. The minimum atomic E-state index is -1.02. The molecule has 0 spiro atoms. The fraction of sp³-hybridized carbons (Fsp3) is 0.550. The van der Waals surface area contributed by atoms with Gasteiger partial charge in [0.2, 0.25) is 5.75 Å². The van der Waals surface area contributed by atoms with E-state index in [4.69, 9.17) is 23.7 Å². The lowest BCUT2D eigenvalue weighted by Crippen LogP contribution is -2.53. The quantitative estimate of drug-likeness (QED) is 0.133. The molecule has 10 heteroatoms. The van der Waals surface area contributed by atoms with Crippen molar-refractivity contribution in [2.75, 3.05) is 39.8 Å². The van der Waals surface area contributed by atoms with Gasteiger partial charge in [-0.15, -0.1) is 0 Å². The average Bonchev–Trinajstić information content (AvgIpc) is 3.10. The minimum Gasteiger partial charge on any atom is -0.502 e. The zero-order valence-corrected chi connectivity index (χ0v) is 30.2. The molecule has 5 N–H and O–H groups in total. The average molecular weight is 689 g/mol. The van der Waals surface area contributed by atoms with Crippen LogP contribution in [0.2, 0.25) is 0 Å². The van der Waals surface area contributed by atoms with Crippen LogP contribution in [0.1, 0.15) is 105 Å². The Labute approximate surface area is 295 Å². The van der Waals surface area contributed by atoms with Gasteiger partial charge in [-0.3, -0.25) is 5.32 Å². The zero-order chi connectivity index (χ0) is 35.3. The summed E-state index contributed by atoms with van der Waals surface area (Å²) < 4.78 is 30.4. The number of fused-ring (bicyclic) bond motifs is 2. The number of benzene rings is 3. The summed E-state index contributed by atoms with van der Waals surface area (Å²) in [6.07, 6.45) is 5.83. The number of rotatable bonds is 11. The van der Waals surface area contributed by atoms with Crippen LogP contribution in [0.15, 0.2) is 24.3 Å². The van der Waals surface area contributed by atoms with E-state index < -0.39 is 24.0 Å². The largest absolute Gasteiger partial charge is 0.502 e. The number of anilines is 1. The van der Waals surface area contributed by atoms with Crippen LogP contribution in [0.5, 0.6) is 34.5 Å². The van der Waals surface area contributed by atoms with Crippen molar-refractivity contribution in [2.24, 2.45) is 11.8 Å². The van der Waals surface area contributed by atoms with E-state index in [2.05, 4.69) is 31.4 Å². The van der Waals surface area contributed by atoms with Gasteiger partial charge in [0.1, 0.15) is 17.2 Å². The molecular formula is C40H52N2O8. The van der Waals surface area contributed by atoms with Crippen LogP contribution in [0, 0.1) is 11.8 Å². The van der Waals surface area contributed by atoms with Gasteiger partial charge >= 0.3 is 0 Å². The van der Waals surface area contributed by atoms with Crippen molar-refractivity contribution in [1.29, 1.82) is 0 Å². The first-order chi connectivity index (χ1) is 24.1. The third-order valence-electron chi connectivity index (χ3n) is 11.3. The summed E-state index contributed by atoms with van der Waals surface area (Å²) in [4.78, 5) is 0. The van der Waals surface area contributed by atoms with Gasteiger partial charge < -0.3 is 44.3 Å². The van der Waals surface area contributed by atoms with Crippen molar-refractivity contribution >= 4 is 5.69 Å². The molecule has 10 nitrogen and oxygen atoms in total. The van der Waals surface area contributed by atoms with E-state index in [0.717, 1.165) is 70.6 Å². The topological polar surface area (TPSA) is 131 Å². The molecule has 0 aromatic heterocycles. The van der Waals surface area contributed by atoms with E-state index in [9.17, 15) is 15.3 Å². The second-order valence-corrected chi connectivity index (χ2v) is 14.8. The molecule has 0 bridgehead atoms. The molecule has 0 saturated heterocycles. The van der Waals surface area contributed by atoms with Crippen molar-refractivity contribution in [3.63, 3.8) is 0 Å². The van der Waals surface area contributed by atoms with Crippen LogP contribution in [0.3, 0.4) is 0 Å². The Morgan fingerprint density at radius 2 is 1.66 bits per heavy atom. The van der Waals surface area contributed by atoms with E-state index in [1.165, 1.54) is 33.5 Å². The smallest absolute Gasteiger partial charge is 0.200 e. The number of ether oxygens (including phenoxy) is 5. The molecule has 50 heavy (non-hydrogen) atoms. The maximum absolute atomic E-state index is 12.1. The van der Waals surface area contributed by atoms with E-state index in [0.29, 0.717) is 41.7 Å². The van der Waals surface area contributed by atoms with Gasteiger partial charge in [-0.05, 0) is 60.9 Å². The van der Waals surface area contributed by atoms with Crippen molar-refractivity contribution in [2.45, 2.75) is 96.1 Å². The van der Waals surface area contributed by atoms with E-state index in [-0.39, 0.29) is 23.9 Å². The SMILES string of the molecule is CCNC1(Oc2cc(OC)c3c4c2C(O)Nc2cc5c(c(c2-4)CC3)C(O)C(c2cc(OC)c(O)c(OC)c2)CO5)CCCC(CCC(C)C)C1. The molecular weight excluding hydrogens is 636 g/mol. The highest BCUT2D eigenvalue weighted by Gasteiger charge is 2.44. The molecule has 2 aliphatic carbocycles. The highest BCUT2D eigenvalue weighted by atomic mass is 16.5. The van der Waals surface area contributed by atoms with Gasteiger partial charge in [-0.1, -0.05) is 40.0 Å². The first kappa shape index (κ1) is 34.6. The Hall–Kier alpha value is -3.86. The van der Waals surface area contributed by atoms with Crippen molar-refractivity contribution < 1.29 is 39.0 Å². The molecule has 0 radical (unpaired) electrons. The number of hydrogen-bond acceptors (Lipinski definition) is 10. The van der Waals surface area contributed by atoms with Crippen LogP contribution in [0.25, 0.3) is 11.1 Å². The van der Waals surface area contributed by atoms with E-state index >= 15 is 0 Å². The lowest BCUT2D eigenvalue weighted by molar-refractivity contribution is -0.0244. The lowest BCUT2D eigenvalue weighted by atomic mass is 9.74. The van der Waals surface area contributed by atoms with Crippen LogP contribution < -0.4 is 34.3 Å². The third kappa shape index (κ3) is 5.89. The summed E-state index contributed by atoms with van der Waals surface area (Å²) in [5.41, 5.74) is 6.22. The lowest BCUT2D eigenvalue weighted by Gasteiger charge is -2.44. The molecule has 5 unspecified atom stereocenters. The van der Waals surface area contributed by atoms with E-state index in [1.807, 2.05) is 12.1 Å². The Kier molecular flexibility index (Phi) is 9.47. The van der Waals surface area contributed by atoms with Crippen molar-refractivity contribution in [3.8, 4) is 45.6 Å². The third-order valence-corrected chi connectivity index (χ3v) is 11.3. The molecule has 270 valence electrons. The van der Waals surface area contributed by atoms with Gasteiger partial charge in [-0.25, -0.2) is 0 Å². The number of aliphatic hydroxyl groups excluding tert-OH is 2. The fourth-order valence-corrected chi connectivity index (χ4v) is 8.93. The summed E-state index contributed by atoms with van der Waals surface area (Å²) in [5, 5.41) is 41.6. The molecule has 0 amide bonds. The predicted molar refractivity (Wildman–Crippen MR) is 192 cm³/mol. The molecule has 3 aromatic rings. The number of phenols is 1. The van der Waals surface area contributed by atoms with Crippen molar-refractivity contribution in [1.82, 2.24) is 5.32 Å². The first-order valence-corrected chi connectivity index (χ1v) is 18.2. The molecule has 5 atom stereocenters. The predicted octanol–water partition coefficient (Wildman–Crippen LogP) is 7.12. The number of aliphatic hydroxyl groups is 2. The summed E-state index contributed by atoms with van der Waals surface area (Å²) in [7, 11) is 4.66. The fourth-order valence-electron chi connectivity index (χ4n) is 8.93. The molecule has 2 aliphatic heterocycles. The van der Waals surface area contributed by atoms with Gasteiger partial charge in [0.15, 0.2) is 23.5 Å². The first-order valence-electron chi connectivity index (χ1n) is 18.2. The van der Waals surface area contributed by atoms with Crippen LogP contribution in [-0.4, -0.2) is 55.5 Å². The number of hydrogen-bond donors (Lipinski definition) is 5. The molecule has 1 saturated carbocycles. The normalized spacial score (nSPS) is 24.8. The summed E-state index contributed by atoms with van der Waals surface area (Å²) in [6.45, 7) is 7.67. The van der Waals surface area contributed by atoms with Crippen LogP contribution >= 0.6 is 0 Å². The number of aromatic hydroxyl groups is 1. The van der Waals surface area contributed by atoms with Crippen LogP contribution in [0.4, 0.5) is 5.69 Å². The molecule has 1 fully saturated rings. The number of nitrogens with one attached hydrogen (secondary N) is 2. The number of methoxy groups -OCH3 is 3. The van der Waals surface area contributed by atoms with Crippen LogP contribution in [-0.2, 0) is 12.8 Å². The Balaban J connectivity index is 1.32. The number of phenolic OH excluding ortho intramolecular Hbond substituents is 1.